The summed E-state index contributed by atoms with van der Waals surface area (Å²) in [4.78, 5) is 11.0. The maximum atomic E-state index is 11.7. The lowest BCUT2D eigenvalue weighted by Gasteiger charge is -2.11. The van der Waals surface area contributed by atoms with Crippen LogP contribution in [0, 0.1) is 5.92 Å². The van der Waals surface area contributed by atoms with E-state index in [0.717, 1.165) is 12.8 Å². The van der Waals surface area contributed by atoms with Gasteiger partial charge in [-0.05, 0) is 12.3 Å². The van der Waals surface area contributed by atoms with Gasteiger partial charge >= 0.3 is 12.1 Å². The van der Waals surface area contributed by atoms with Crippen LogP contribution in [0.4, 0.5) is 13.2 Å². The Morgan fingerprint density at radius 2 is 2.06 bits per heavy atom. The molecule has 1 N–H and O–H groups in total. The number of ether oxygens (including phenoxy) is 1. The normalized spacial score (nSPS) is 13.6. The third-order valence-electron chi connectivity index (χ3n) is 1.91. The van der Waals surface area contributed by atoms with Crippen LogP contribution in [0.2, 0.25) is 0 Å². The van der Waals surface area contributed by atoms with Crippen LogP contribution in [-0.2, 0) is 9.53 Å². The zero-order chi connectivity index (χ0) is 12.6. The van der Waals surface area contributed by atoms with Crippen LogP contribution in [0.5, 0.6) is 0 Å². The van der Waals surface area contributed by atoms with E-state index in [9.17, 15) is 18.0 Å². The Labute approximate surface area is 93.3 Å². The van der Waals surface area contributed by atoms with Crippen molar-refractivity contribution >= 4 is 5.97 Å². The van der Waals surface area contributed by atoms with Gasteiger partial charge in [0.15, 0.2) is 0 Å². The van der Waals surface area contributed by atoms with E-state index in [0.29, 0.717) is 0 Å². The lowest BCUT2D eigenvalue weighted by atomic mass is 10.1. The minimum atomic E-state index is -4.30. The van der Waals surface area contributed by atoms with Gasteiger partial charge in [0.1, 0.15) is 0 Å². The summed E-state index contributed by atoms with van der Waals surface area (Å²) in [6.07, 6.45) is -2.37. The molecule has 0 aliphatic carbocycles. The molecular weight excluding hydrogens is 223 g/mol. The molecule has 0 rings (SSSR count). The number of hydrogen-bond donors (Lipinski definition) is 1. The number of esters is 1. The van der Waals surface area contributed by atoms with Gasteiger partial charge in [-0.2, -0.15) is 13.2 Å². The summed E-state index contributed by atoms with van der Waals surface area (Å²) < 4.78 is 39.9. The maximum Gasteiger partial charge on any atom is 0.401 e. The molecule has 0 aromatic heterocycles. The quantitative estimate of drug-likeness (QED) is 0.694. The van der Waals surface area contributed by atoms with Crippen LogP contribution in [0.1, 0.15) is 26.7 Å². The van der Waals surface area contributed by atoms with Crippen molar-refractivity contribution in [1.82, 2.24) is 5.32 Å². The molecule has 0 fully saturated rings. The summed E-state index contributed by atoms with van der Waals surface area (Å²) in [5.74, 6) is -0.399. The van der Waals surface area contributed by atoms with Crippen molar-refractivity contribution in [1.29, 1.82) is 0 Å². The molecule has 0 saturated heterocycles. The number of alkyl halides is 3. The van der Waals surface area contributed by atoms with E-state index in [-0.39, 0.29) is 12.5 Å². The van der Waals surface area contributed by atoms with Crippen LogP contribution >= 0.6 is 0 Å². The lowest BCUT2D eigenvalue weighted by molar-refractivity contribution is -0.145. The zero-order valence-corrected chi connectivity index (χ0v) is 9.56. The Balaban J connectivity index is 3.52. The topological polar surface area (TPSA) is 38.3 Å². The summed E-state index contributed by atoms with van der Waals surface area (Å²) in [5, 5.41) is 1.98. The highest BCUT2D eigenvalue weighted by Crippen LogP contribution is 2.11. The number of halogens is 3. The third kappa shape index (κ3) is 9.76. The zero-order valence-electron chi connectivity index (χ0n) is 9.56. The van der Waals surface area contributed by atoms with E-state index in [4.69, 9.17) is 4.74 Å². The maximum absolute atomic E-state index is 11.7. The molecule has 0 aliphatic heterocycles. The van der Waals surface area contributed by atoms with Gasteiger partial charge in [0.05, 0.1) is 19.7 Å². The van der Waals surface area contributed by atoms with Crippen molar-refractivity contribution in [2.45, 2.75) is 32.9 Å². The fourth-order valence-corrected chi connectivity index (χ4v) is 1.17. The summed E-state index contributed by atoms with van der Waals surface area (Å²) in [6, 6.07) is 0. The first-order valence-electron chi connectivity index (χ1n) is 5.28. The second-order valence-corrected chi connectivity index (χ2v) is 3.80. The molecule has 0 saturated carbocycles. The van der Waals surface area contributed by atoms with Gasteiger partial charge in [0.25, 0.3) is 0 Å². The number of rotatable bonds is 7. The Bertz CT molecular complexity index is 207. The molecule has 0 bridgehead atoms. The number of carbonyl (C=O) groups is 1. The molecule has 1 atom stereocenters. The van der Waals surface area contributed by atoms with E-state index in [1.807, 2.05) is 19.2 Å². The fourth-order valence-electron chi connectivity index (χ4n) is 1.17. The first-order chi connectivity index (χ1) is 7.35. The van der Waals surface area contributed by atoms with Crippen LogP contribution in [0.3, 0.4) is 0 Å². The molecule has 0 radical (unpaired) electrons. The second kappa shape index (κ2) is 7.49. The molecule has 0 heterocycles. The molecule has 0 aromatic carbocycles. The van der Waals surface area contributed by atoms with Crippen LogP contribution in [-0.4, -0.2) is 31.8 Å². The first kappa shape index (κ1) is 15.2. The molecule has 6 heteroatoms. The Morgan fingerprint density at radius 3 is 2.56 bits per heavy atom. The highest BCUT2D eigenvalue weighted by molar-refractivity contribution is 5.71. The second-order valence-electron chi connectivity index (χ2n) is 3.80. The molecule has 0 aliphatic rings. The van der Waals surface area contributed by atoms with Crippen molar-refractivity contribution in [2.75, 3.05) is 19.7 Å². The Kier molecular flexibility index (Phi) is 7.12. The molecule has 0 spiro atoms. The summed E-state index contributed by atoms with van der Waals surface area (Å²) in [6.45, 7) is 2.63. The minimum Gasteiger partial charge on any atom is -0.464 e. The summed E-state index contributed by atoms with van der Waals surface area (Å²) in [7, 11) is 0. The van der Waals surface area contributed by atoms with Gasteiger partial charge in [-0.25, -0.2) is 0 Å². The van der Waals surface area contributed by atoms with Crippen LogP contribution < -0.4 is 5.32 Å². The van der Waals surface area contributed by atoms with E-state index >= 15 is 0 Å². The highest BCUT2D eigenvalue weighted by Gasteiger charge is 2.26. The predicted molar refractivity (Wildman–Crippen MR) is 54.0 cm³/mol. The SMILES string of the molecule is CCCC(C)COC(=O)CNCC(F)(F)F. The standard InChI is InChI=1S/C10H18F3NO2/c1-3-4-8(2)6-16-9(15)5-14-7-10(11,12)13/h8,14H,3-7H2,1-2H3. The molecular formula is C10H18F3NO2. The Morgan fingerprint density at radius 1 is 1.44 bits per heavy atom. The number of carbonyl (C=O) groups excluding carboxylic acids is 1. The van der Waals surface area contributed by atoms with Gasteiger partial charge in [-0.3, -0.25) is 10.1 Å². The van der Waals surface area contributed by atoms with Gasteiger partial charge in [-0.15, -0.1) is 0 Å². The van der Waals surface area contributed by atoms with Gasteiger partial charge in [0, 0.05) is 0 Å². The average molecular weight is 241 g/mol. The summed E-state index contributed by atoms with van der Waals surface area (Å²) >= 11 is 0. The van der Waals surface area contributed by atoms with E-state index in [1.165, 1.54) is 0 Å². The van der Waals surface area contributed by atoms with E-state index in [2.05, 4.69) is 0 Å². The van der Waals surface area contributed by atoms with E-state index < -0.39 is 25.2 Å². The lowest BCUT2D eigenvalue weighted by Crippen LogP contribution is -2.33. The summed E-state index contributed by atoms with van der Waals surface area (Å²) in [5.41, 5.74) is 0. The van der Waals surface area contributed by atoms with Gasteiger partial charge < -0.3 is 4.74 Å². The number of hydrogen-bond acceptors (Lipinski definition) is 3. The molecule has 0 aromatic rings. The predicted octanol–water partition coefficient (Wildman–Crippen LogP) is 2.12. The van der Waals surface area contributed by atoms with Crippen LogP contribution in [0.25, 0.3) is 0 Å². The van der Waals surface area contributed by atoms with Gasteiger partial charge in [-0.1, -0.05) is 20.3 Å². The largest absolute Gasteiger partial charge is 0.464 e. The van der Waals surface area contributed by atoms with Crippen molar-refractivity contribution in [3.63, 3.8) is 0 Å². The molecule has 3 nitrogen and oxygen atoms in total. The van der Waals surface area contributed by atoms with Crippen molar-refractivity contribution in [3.05, 3.63) is 0 Å². The smallest absolute Gasteiger partial charge is 0.401 e. The molecule has 0 amide bonds. The fraction of sp³-hybridized carbons (Fsp3) is 0.900. The minimum absolute atomic E-state index is 0.247. The monoisotopic (exact) mass is 241 g/mol. The van der Waals surface area contributed by atoms with E-state index in [1.54, 1.807) is 0 Å². The van der Waals surface area contributed by atoms with Crippen LogP contribution in [0.15, 0.2) is 0 Å². The van der Waals surface area contributed by atoms with Crippen molar-refractivity contribution < 1.29 is 22.7 Å². The molecule has 1 unspecified atom stereocenters. The molecule has 16 heavy (non-hydrogen) atoms. The van der Waals surface area contributed by atoms with Crippen molar-refractivity contribution in [2.24, 2.45) is 5.92 Å². The Hall–Kier alpha value is -0.780. The number of nitrogens with one attached hydrogen (secondary N) is 1. The van der Waals surface area contributed by atoms with Crippen molar-refractivity contribution in [3.8, 4) is 0 Å². The average Bonchev–Trinajstić information content (AvgIpc) is 2.13. The molecule has 96 valence electrons. The van der Waals surface area contributed by atoms with Gasteiger partial charge in [0.2, 0.25) is 0 Å². The highest BCUT2D eigenvalue weighted by atomic mass is 19.4. The first-order valence-corrected chi connectivity index (χ1v) is 5.28. The third-order valence-corrected chi connectivity index (χ3v) is 1.91.